The van der Waals surface area contributed by atoms with Gasteiger partial charge in [-0.15, -0.1) is 0 Å². The largest absolute Gasteiger partial charge is 0.480 e. The van der Waals surface area contributed by atoms with Crippen molar-refractivity contribution in [2.75, 3.05) is 12.3 Å². The molecule has 4 N–H and O–H groups in total. The van der Waals surface area contributed by atoms with Gasteiger partial charge < -0.3 is 21.1 Å². The topological polar surface area (TPSA) is 125 Å². The second-order valence-electron chi connectivity index (χ2n) is 4.02. The fourth-order valence-corrected chi connectivity index (χ4v) is 1.78. The van der Waals surface area contributed by atoms with E-state index in [1.807, 2.05) is 0 Å². The summed E-state index contributed by atoms with van der Waals surface area (Å²) in [5.74, 6) is -2.53. The Morgan fingerprint density at radius 1 is 1.47 bits per heavy atom. The molecule has 0 unspecified atom stereocenters. The lowest BCUT2D eigenvalue weighted by molar-refractivity contribution is -0.141. The van der Waals surface area contributed by atoms with Crippen molar-refractivity contribution >= 4 is 36.3 Å². The molecule has 19 heavy (non-hydrogen) atoms. The minimum absolute atomic E-state index is 0.0479. The first-order chi connectivity index (χ1) is 8.93. The fourth-order valence-electron chi connectivity index (χ4n) is 1.53. The molecule has 0 aliphatic carbocycles. The number of nitrogens with one attached hydrogen (secondary N) is 3. The van der Waals surface area contributed by atoms with E-state index in [0.717, 1.165) is 0 Å². The van der Waals surface area contributed by atoms with Gasteiger partial charge in [-0.25, -0.2) is 4.79 Å². The van der Waals surface area contributed by atoms with Gasteiger partial charge in [-0.05, 0) is 6.42 Å². The Hall–Kier alpha value is -1.77. The first kappa shape index (κ1) is 15.3. The summed E-state index contributed by atoms with van der Waals surface area (Å²) in [6, 6.07) is -1.72. The average molecular weight is 289 g/mol. The third kappa shape index (κ3) is 4.78. The van der Waals surface area contributed by atoms with E-state index in [0.29, 0.717) is 6.42 Å². The first-order valence-corrected chi connectivity index (χ1v) is 6.27. The molecule has 1 aliphatic rings. The van der Waals surface area contributed by atoms with Gasteiger partial charge in [0.25, 0.3) is 0 Å². The lowest BCUT2D eigenvalue weighted by atomic mass is 10.2. The molecule has 3 amide bonds. The minimum atomic E-state index is -1.20. The lowest BCUT2D eigenvalue weighted by Crippen LogP contribution is -2.49. The van der Waals surface area contributed by atoms with Gasteiger partial charge in [0.1, 0.15) is 12.1 Å². The third-order valence-corrected chi connectivity index (χ3v) is 2.92. The summed E-state index contributed by atoms with van der Waals surface area (Å²) in [4.78, 5) is 44.5. The summed E-state index contributed by atoms with van der Waals surface area (Å²) in [7, 11) is 0. The zero-order valence-corrected chi connectivity index (χ0v) is 10.9. The number of hydrogen-bond acceptors (Lipinski definition) is 5. The summed E-state index contributed by atoms with van der Waals surface area (Å²) in [6.45, 7) is -0.344. The van der Waals surface area contributed by atoms with Crippen molar-refractivity contribution < 1.29 is 24.3 Å². The Morgan fingerprint density at radius 2 is 2.16 bits per heavy atom. The molecular weight excluding hydrogens is 274 g/mol. The van der Waals surface area contributed by atoms with Crippen LogP contribution in [-0.2, 0) is 19.2 Å². The highest BCUT2D eigenvalue weighted by molar-refractivity contribution is 7.80. The Kier molecular flexibility index (Phi) is 5.61. The van der Waals surface area contributed by atoms with Crippen LogP contribution >= 0.6 is 12.6 Å². The molecular formula is C10H15N3O5S. The van der Waals surface area contributed by atoms with Gasteiger partial charge in [0.2, 0.25) is 17.7 Å². The normalized spacial score (nSPS) is 19.4. The summed E-state index contributed by atoms with van der Waals surface area (Å²) in [5.41, 5.74) is 0. The number of aliphatic carboxylic acids is 1. The van der Waals surface area contributed by atoms with Gasteiger partial charge in [-0.1, -0.05) is 0 Å². The number of carboxylic acid groups (broad SMARTS) is 1. The Morgan fingerprint density at radius 3 is 2.63 bits per heavy atom. The zero-order valence-electron chi connectivity index (χ0n) is 10.0. The first-order valence-electron chi connectivity index (χ1n) is 5.64. The van der Waals surface area contributed by atoms with Gasteiger partial charge in [0.15, 0.2) is 0 Å². The lowest BCUT2D eigenvalue weighted by Gasteiger charge is -2.13. The number of amides is 3. The van der Waals surface area contributed by atoms with Crippen LogP contribution in [0.25, 0.3) is 0 Å². The van der Waals surface area contributed by atoms with E-state index >= 15 is 0 Å². The highest BCUT2D eigenvalue weighted by atomic mass is 32.1. The van der Waals surface area contributed by atoms with Crippen LogP contribution in [-0.4, -0.2) is 53.2 Å². The fraction of sp³-hybridized carbons (Fsp3) is 0.600. The van der Waals surface area contributed by atoms with Crippen molar-refractivity contribution in [3.63, 3.8) is 0 Å². The van der Waals surface area contributed by atoms with Crippen LogP contribution < -0.4 is 16.0 Å². The minimum Gasteiger partial charge on any atom is -0.480 e. The number of hydrogen-bond donors (Lipinski definition) is 5. The molecule has 0 radical (unpaired) electrons. The molecule has 1 rings (SSSR count). The number of carbonyl (C=O) groups excluding carboxylic acids is 3. The molecule has 0 saturated carbocycles. The van der Waals surface area contributed by atoms with Crippen molar-refractivity contribution in [2.24, 2.45) is 0 Å². The van der Waals surface area contributed by atoms with E-state index in [1.54, 1.807) is 0 Å². The van der Waals surface area contributed by atoms with Crippen LogP contribution in [0, 0.1) is 0 Å². The van der Waals surface area contributed by atoms with Crippen molar-refractivity contribution in [3.05, 3.63) is 0 Å². The van der Waals surface area contributed by atoms with Gasteiger partial charge in [0, 0.05) is 12.2 Å². The summed E-state index contributed by atoms with van der Waals surface area (Å²) in [5, 5.41) is 15.7. The molecule has 1 fully saturated rings. The van der Waals surface area contributed by atoms with E-state index < -0.39 is 29.9 Å². The molecule has 1 heterocycles. The van der Waals surface area contributed by atoms with Gasteiger partial charge in [-0.3, -0.25) is 14.4 Å². The summed E-state index contributed by atoms with van der Waals surface area (Å²) < 4.78 is 0. The predicted octanol–water partition coefficient (Wildman–Crippen LogP) is -2.12. The molecule has 106 valence electrons. The van der Waals surface area contributed by atoms with Crippen molar-refractivity contribution in [1.29, 1.82) is 0 Å². The van der Waals surface area contributed by atoms with Gasteiger partial charge in [-0.2, -0.15) is 12.6 Å². The quantitative estimate of drug-likeness (QED) is 0.358. The van der Waals surface area contributed by atoms with Crippen molar-refractivity contribution in [2.45, 2.75) is 24.9 Å². The predicted molar refractivity (Wildman–Crippen MR) is 67.6 cm³/mol. The molecule has 1 saturated heterocycles. The van der Waals surface area contributed by atoms with Crippen molar-refractivity contribution in [3.8, 4) is 0 Å². The maximum Gasteiger partial charge on any atom is 0.327 e. The number of carbonyl (C=O) groups is 4. The molecule has 0 aromatic carbocycles. The molecule has 8 nitrogen and oxygen atoms in total. The van der Waals surface area contributed by atoms with Gasteiger partial charge >= 0.3 is 5.97 Å². The van der Waals surface area contributed by atoms with E-state index in [2.05, 4.69) is 28.6 Å². The molecule has 2 atom stereocenters. The van der Waals surface area contributed by atoms with Crippen LogP contribution in [0.3, 0.4) is 0 Å². The highest BCUT2D eigenvalue weighted by Crippen LogP contribution is 2.05. The Bertz CT molecular complexity index is 401. The second-order valence-corrected chi connectivity index (χ2v) is 4.38. The number of carboxylic acids is 1. The highest BCUT2D eigenvalue weighted by Gasteiger charge is 2.27. The second kappa shape index (κ2) is 6.98. The van der Waals surface area contributed by atoms with Crippen LogP contribution in [0.2, 0.25) is 0 Å². The maximum atomic E-state index is 11.5. The third-order valence-electron chi connectivity index (χ3n) is 2.55. The van der Waals surface area contributed by atoms with Gasteiger partial charge in [0.05, 0.1) is 6.54 Å². The van der Waals surface area contributed by atoms with Crippen LogP contribution in [0.15, 0.2) is 0 Å². The number of thiol groups is 1. The van der Waals surface area contributed by atoms with E-state index in [4.69, 9.17) is 5.11 Å². The Labute approximate surface area is 114 Å². The molecule has 9 heteroatoms. The monoisotopic (exact) mass is 289 g/mol. The van der Waals surface area contributed by atoms with E-state index in [9.17, 15) is 19.2 Å². The van der Waals surface area contributed by atoms with E-state index in [1.165, 1.54) is 0 Å². The van der Waals surface area contributed by atoms with Crippen LogP contribution in [0.4, 0.5) is 0 Å². The number of rotatable bonds is 6. The van der Waals surface area contributed by atoms with Crippen LogP contribution in [0.1, 0.15) is 12.8 Å². The maximum absolute atomic E-state index is 11.5. The molecule has 1 aliphatic heterocycles. The standard InChI is InChI=1S/C10H15N3O5S/c14-7-2-1-5(12-7)9(16)11-3-8(15)13-6(4-19)10(17)18/h5-6,19H,1-4H2,(H,11,16)(H,12,14)(H,13,15)(H,17,18)/t5-,6-/m0/s1. The molecule has 0 aromatic heterocycles. The van der Waals surface area contributed by atoms with E-state index in [-0.39, 0.29) is 24.6 Å². The van der Waals surface area contributed by atoms with Crippen LogP contribution in [0.5, 0.6) is 0 Å². The van der Waals surface area contributed by atoms with Crippen molar-refractivity contribution in [1.82, 2.24) is 16.0 Å². The summed E-state index contributed by atoms with van der Waals surface area (Å²) in [6.07, 6.45) is 0.672. The molecule has 0 aromatic rings. The molecule has 0 bridgehead atoms. The smallest absolute Gasteiger partial charge is 0.327 e. The zero-order chi connectivity index (χ0) is 14.4. The molecule has 0 spiro atoms. The average Bonchev–Trinajstić information content (AvgIpc) is 2.79. The summed E-state index contributed by atoms with van der Waals surface area (Å²) >= 11 is 3.79. The Balaban J connectivity index is 2.31. The SMILES string of the molecule is O=C(CNC(=O)[C@@H]1CCC(=O)N1)N[C@@H](CS)C(=O)O.